The number of amides is 2. The van der Waals surface area contributed by atoms with Gasteiger partial charge in [-0.15, -0.1) is 0 Å². The standard InChI is InChI=1S/C22H25FN2O5/c1-14(2)20(25-21(27)17-6-4-5-7-18(17)29-3)22(28)30-13-19(26)24-12-15-8-10-16(23)11-9-15/h4-11,14,20H,12-13H2,1-3H3,(H,24,26)(H,25,27)/t20-/m0/s1. The van der Waals surface area contributed by atoms with Crippen LogP contribution in [0.4, 0.5) is 4.39 Å². The van der Waals surface area contributed by atoms with E-state index in [1.54, 1.807) is 50.2 Å². The second-order valence-corrected chi connectivity index (χ2v) is 6.91. The Hall–Kier alpha value is -3.42. The van der Waals surface area contributed by atoms with Gasteiger partial charge in [-0.1, -0.05) is 38.1 Å². The fourth-order valence-electron chi connectivity index (χ4n) is 2.63. The van der Waals surface area contributed by atoms with Gasteiger partial charge in [0.15, 0.2) is 6.61 Å². The molecule has 2 N–H and O–H groups in total. The van der Waals surface area contributed by atoms with E-state index >= 15 is 0 Å². The summed E-state index contributed by atoms with van der Waals surface area (Å²) in [6, 6.07) is 11.4. The molecule has 0 unspecified atom stereocenters. The van der Waals surface area contributed by atoms with Crippen molar-refractivity contribution >= 4 is 17.8 Å². The van der Waals surface area contributed by atoms with Crippen molar-refractivity contribution in [1.82, 2.24) is 10.6 Å². The van der Waals surface area contributed by atoms with Crippen LogP contribution in [0.5, 0.6) is 5.75 Å². The number of hydrogen-bond acceptors (Lipinski definition) is 5. The number of ether oxygens (including phenoxy) is 2. The fourth-order valence-corrected chi connectivity index (χ4v) is 2.63. The molecule has 2 aromatic rings. The third-order valence-corrected chi connectivity index (χ3v) is 4.31. The van der Waals surface area contributed by atoms with Crippen molar-refractivity contribution in [2.24, 2.45) is 5.92 Å². The lowest BCUT2D eigenvalue weighted by molar-refractivity contribution is -0.151. The molecular weight excluding hydrogens is 391 g/mol. The molecule has 0 saturated heterocycles. The van der Waals surface area contributed by atoms with E-state index in [1.165, 1.54) is 19.2 Å². The first kappa shape index (κ1) is 22.9. The summed E-state index contributed by atoms with van der Waals surface area (Å²) >= 11 is 0. The highest BCUT2D eigenvalue weighted by Gasteiger charge is 2.27. The molecule has 0 radical (unpaired) electrons. The van der Waals surface area contributed by atoms with Crippen molar-refractivity contribution in [3.05, 3.63) is 65.5 Å². The Kier molecular flexibility index (Phi) is 8.34. The summed E-state index contributed by atoms with van der Waals surface area (Å²) in [6.45, 7) is 3.19. The maximum Gasteiger partial charge on any atom is 0.329 e. The first-order valence-corrected chi connectivity index (χ1v) is 9.43. The minimum atomic E-state index is -0.938. The van der Waals surface area contributed by atoms with Crippen LogP contribution in [0, 0.1) is 11.7 Å². The van der Waals surface area contributed by atoms with Crippen LogP contribution in [0.3, 0.4) is 0 Å². The summed E-state index contributed by atoms with van der Waals surface area (Å²) in [7, 11) is 1.45. The zero-order valence-electron chi connectivity index (χ0n) is 17.1. The average Bonchev–Trinajstić information content (AvgIpc) is 2.74. The van der Waals surface area contributed by atoms with E-state index in [1.807, 2.05) is 0 Å². The van der Waals surface area contributed by atoms with E-state index in [2.05, 4.69) is 10.6 Å². The molecule has 0 saturated carbocycles. The Balaban J connectivity index is 1.89. The van der Waals surface area contributed by atoms with E-state index < -0.39 is 30.4 Å². The number of nitrogens with one attached hydrogen (secondary N) is 2. The van der Waals surface area contributed by atoms with Crippen LogP contribution in [0.25, 0.3) is 0 Å². The van der Waals surface area contributed by atoms with Gasteiger partial charge in [-0.2, -0.15) is 0 Å². The molecule has 8 heteroatoms. The first-order valence-electron chi connectivity index (χ1n) is 9.43. The Labute approximate surface area is 174 Å². The zero-order valence-corrected chi connectivity index (χ0v) is 17.1. The van der Waals surface area contributed by atoms with Gasteiger partial charge in [0.1, 0.15) is 17.6 Å². The molecule has 0 spiro atoms. The maximum absolute atomic E-state index is 12.9. The van der Waals surface area contributed by atoms with Crippen LogP contribution in [0.2, 0.25) is 0 Å². The molecule has 2 rings (SSSR count). The minimum absolute atomic E-state index is 0.175. The summed E-state index contributed by atoms with van der Waals surface area (Å²) in [6.07, 6.45) is 0. The number of para-hydroxylation sites is 1. The van der Waals surface area contributed by atoms with Gasteiger partial charge in [0.25, 0.3) is 11.8 Å². The Morgan fingerprint density at radius 3 is 2.33 bits per heavy atom. The second-order valence-electron chi connectivity index (χ2n) is 6.91. The predicted octanol–water partition coefficient (Wildman–Crippen LogP) is 2.45. The van der Waals surface area contributed by atoms with Crippen LogP contribution in [0.15, 0.2) is 48.5 Å². The van der Waals surface area contributed by atoms with Gasteiger partial charge in [-0.05, 0) is 35.7 Å². The number of halogens is 1. The van der Waals surface area contributed by atoms with Crippen LogP contribution in [0.1, 0.15) is 29.8 Å². The second kappa shape index (κ2) is 10.9. The molecule has 7 nitrogen and oxygen atoms in total. The lowest BCUT2D eigenvalue weighted by Crippen LogP contribution is -2.46. The van der Waals surface area contributed by atoms with Gasteiger partial charge in [-0.25, -0.2) is 9.18 Å². The Morgan fingerprint density at radius 1 is 1.03 bits per heavy atom. The van der Waals surface area contributed by atoms with Crippen LogP contribution < -0.4 is 15.4 Å². The molecule has 0 aromatic heterocycles. The quantitative estimate of drug-likeness (QED) is 0.613. The third-order valence-electron chi connectivity index (χ3n) is 4.31. The Bertz CT molecular complexity index is 883. The van der Waals surface area contributed by atoms with E-state index in [4.69, 9.17) is 9.47 Å². The number of hydrogen-bond donors (Lipinski definition) is 2. The van der Waals surface area contributed by atoms with Crippen LogP contribution in [-0.4, -0.2) is 37.5 Å². The molecule has 0 heterocycles. The number of rotatable bonds is 9. The van der Waals surface area contributed by atoms with Crippen molar-refractivity contribution in [2.75, 3.05) is 13.7 Å². The molecule has 2 amide bonds. The van der Waals surface area contributed by atoms with E-state index in [0.29, 0.717) is 11.3 Å². The van der Waals surface area contributed by atoms with Crippen molar-refractivity contribution < 1.29 is 28.2 Å². The highest BCUT2D eigenvalue weighted by atomic mass is 19.1. The van der Waals surface area contributed by atoms with E-state index in [-0.39, 0.29) is 23.8 Å². The Morgan fingerprint density at radius 2 is 1.70 bits per heavy atom. The molecule has 0 aliphatic heterocycles. The summed E-state index contributed by atoms with van der Waals surface area (Å²) in [4.78, 5) is 36.9. The summed E-state index contributed by atoms with van der Waals surface area (Å²) in [5.74, 6) is -1.96. The maximum atomic E-state index is 12.9. The summed E-state index contributed by atoms with van der Waals surface area (Å²) in [5, 5.41) is 5.21. The number of carbonyl (C=O) groups excluding carboxylic acids is 3. The zero-order chi connectivity index (χ0) is 22.1. The molecule has 0 aliphatic carbocycles. The van der Waals surface area contributed by atoms with Gasteiger partial charge in [0, 0.05) is 6.54 Å². The smallest absolute Gasteiger partial charge is 0.329 e. The fraction of sp³-hybridized carbons (Fsp3) is 0.318. The van der Waals surface area contributed by atoms with Gasteiger partial charge in [0.05, 0.1) is 12.7 Å². The van der Waals surface area contributed by atoms with Crippen molar-refractivity contribution in [3.8, 4) is 5.75 Å². The normalized spacial score (nSPS) is 11.5. The number of carbonyl (C=O) groups is 3. The number of esters is 1. The number of benzene rings is 2. The largest absolute Gasteiger partial charge is 0.496 e. The van der Waals surface area contributed by atoms with Gasteiger partial charge in [0.2, 0.25) is 0 Å². The SMILES string of the molecule is COc1ccccc1C(=O)N[C@H](C(=O)OCC(=O)NCc1ccc(F)cc1)C(C)C. The predicted molar refractivity (Wildman–Crippen MR) is 108 cm³/mol. The monoisotopic (exact) mass is 416 g/mol. The molecule has 2 aromatic carbocycles. The molecule has 30 heavy (non-hydrogen) atoms. The molecule has 160 valence electrons. The van der Waals surface area contributed by atoms with Crippen molar-refractivity contribution in [3.63, 3.8) is 0 Å². The average molecular weight is 416 g/mol. The van der Waals surface area contributed by atoms with Crippen molar-refractivity contribution in [1.29, 1.82) is 0 Å². The lowest BCUT2D eigenvalue weighted by Gasteiger charge is -2.21. The van der Waals surface area contributed by atoms with Gasteiger partial charge in [-0.3, -0.25) is 9.59 Å². The summed E-state index contributed by atoms with van der Waals surface area (Å²) < 4.78 is 23.1. The van der Waals surface area contributed by atoms with Crippen LogP contribution in [-0.2, 0) is 20.9 Å². The topological polar surface area (TPSA) is 93.7 Å². The lowest BCUT2D eigenvalue weighted by atomic mass is 10.0. The molecule has 0 fully saturated rings. The molecule has 1 atom stereocenters. The molecule has 0 bridgehead atoms. The van der Waals surface area contributed by atoms with Gasteiger partial charge < -0.3 is 20.1 Å². The van der Waals surface area contributed by atoms with Crippen LogP contribution >= 0.6 is 0 Å². The number of methoxy groups -OCH3 is 1. The highest BCUT2D eigenvalue weighted by molar-refractivity contribution is 5.99. The van der Waals surface area contributed by atoms with E-state index in [9.17, 15) is 18.8 Å². The van der Waals surface area contributed by atoms with Crippen molar-refractivity contribution in [2.45, 2.75) is 26.4 Å². The van der Waals surface area contributed by atoms with E-state index in [0.717, 1.165) is 0 Å². The first-order chi connectivity index (χ1) is 14.3. The third kappa shape index (κ3) is 6.58. The highest BCUT2D eigenvalue weighted by Crippen LogP contribution is 2.18. The summed E-state index contributed by atoms with van der Waals surface area (Å²) in [5.41, 5.74) is 0.996. The molecular formula is C22H25FN2O5. The van der Waals surface area contributed by atoms with Gasteiger partial charge >= 0.3 is 5.97 Å². The molecule has 0 aliphatic rings. The minimum Gasteiger partial charge on any atom is -0.496 e.